The molecular weight excluding hydrogens is 232 g/mol. The predicted octanol–water partition coefficient (Wildman–Crippen LogP) is 1.91. The van der Waals surface area contributed by atoms with Crippen LogP contribution in [0.1, 0.15) is 18.0 Å². The van der Waals surface area contributed by atoms with Crippen LogP contribution in [0.15, 0.2) is 18.2 Å². The van der Waals surface area contributed by atoms with Crippen LogP contribution >= 0.6 is 0 Å². The van der Waals surface area contributed by atoms with Gasteiger partial charge in [0, 0.05) is 23.8 Å². The van der Waals surface area contributed by atoms with Gasteiger partial charge < -0.3 is 20.1 Å². The van der Waals surface area contributed by atoms with E-state index in [2.05, 4.69) is 10.6 Å². The van der Waals surface area contributed by atoms with Gasteiger partial charge >= 0.3 is 6.03 Å². The van der Waals surface area contributed by atoms with Crippen LogP contribution in [-0.2, 0) is 4.74 Å². The molecule has 0 aromatic heterocycles. The van der Waals surface area contributed by atoms with E-state index in [4.69, 9.17) is 9.47 Å². The molecule has 2 aliphatic rings. The molecule has 0 bridgehead atoms. The summed E-state index contributed by atoms with van der Waals surface area (Å²) < 4.78 is 10.7. The molecule has 2 N–H and O–H groups in total. The molecule has 0 aliphatic carbocycles. The molecule has 2 amide bonds. The molecule has 18 heavy (non-hydrogen) atoms. The maximum atomic E-state index is 11.7. The van der Waals surface area contributed by atoms with E-state index in [9.17, 15) is 4.79 Å². The molecule has 2 atom stereocenters. The van der Waals surface area contributed by atoms with E-state index in [-0.39, 0.29) is 12.1 Å². The molecule has 2 unspecified atom stereocenters. The molecule has 1 saturated heterocycles. The Kier molecular flexibility index (Phi) is 2.83. The number of anilines is 1. The van der Waals surface area contributed by atoms with E-state index in [0.29, 0.717) is 12.5 Å². The Balaban J connectivity index is 1.98. The van der Waals surface area contributed by atoms with Crippen LogP contribution in [0.4, 0.5) is 10.5 Å². The second-order valence-corrected chi connectivity index (χ2v) is 4.65. The Hall–Kier alpha value is -1.75. The van der Waals surface area contributed by atoms with Gasteiger partial charge in [0.1, 0.15) is 5.75 Å². The number of urea groups is 1. The topological polar surface area (TPSA) is 59.6 Å². The van der Waals surface area contributed by atoms with Gasteiger partial charge in [0.15, 0.2) is 0 Å². The van der Waals surface area contributed by atoms with Gasteiger partial charge in [-0.25, -0.2) is 4.79 Å². The molecule has 2 aliphatic heterocycles. The van der Waals surface area contributed by atoms with Crippen molar-refractivity contribution in [1.29, 1.82) is 0 Å². The summed E-state index contributed by atoms with van der Waals surface area (Å²) in [5.41, 5.74) is 1.93. The van der Waals surface area contributed by atoms with E-state index >= 15 is 0 Å². The summed E-state index contributed by atoms with van der Waals surface area (Å²) >= 11 is 0. The smallest absolute Gasteiger partial charge is 0.319 e. The number of hydrogen-bond donors (Lipinski definition) is 2. The Bertz CT molecular complexity index is 469. The highest BCUT2D eigenvalue weighted by molar-refractivity contribution is 5.93. The van der Waals surface area contributed by atoms with Gasteiger partial charge in [-0.1, -0.05) is 0 Å². The number of methoxy groups -OCH3 is 1. The Morgan fingerprint density at radius 1 is 1.44 bits per heavy atom. The molecule has 0 spiro atoms. The van der Waals surface area contributed by atoms with E-state index < -0.39 is 0 Å². The fourth-order valence-electron chi connectivity index (χ4n) is 2.60. The zero-order chi connectivity index (χ0) is 12.5. The van der Waals surface area contributed by atoms with Crippen molar-refractivity contribution in [2.24, 2.45) is 5.92 Å². The zero-order valence-electron chi connectivity index (χ0n) is 10.2. The highest BCUT2D eigenvalue weighted by Crippen LogP contribution is 2.37. The molecule has 0 saturated carbocycles. The third-order valence-electron chi connectivity index (χ3n) is 3.56. The van der Waals surface area contributed by atoms with Crippen molar-refractivity contribution >= 4 is 11.7 Å². The lowest BCUT2D eigenvalue weighted by Gasteiger charge is -2.31. The van der Waals surface area contributed by atoms with Crippen LogP contribution in [0.5, 0.6) is 5.75 Å². The average molecular weight is 248 g/mol. The molecule has 2 heterocycles. The largest absolute Gasteiger partial charge is 0.497 e. The van der Waals surface area contributed by atoms with Crippen LogP contribution in [0, 0.1) is 5.92 Å². The Labute approximate surface area is 105 Å². The number of fused-ring (bicyclic) bond motifs is 1. The highest BCUT2D eigenvalue weighted by atomic mass is 16.5. The molecular formula is C13H16N2O3. The lowest BCUT2D eigenvalue weighted by molar-refractivity contribution is 0.176. The standard InChI is InChI=1S/C13H16N2O3/c1-17-9-2-3-11-10(6-9)12(15-13(16)14-11)8-4-5-18-7-8/h2-3,6,8,12H,4-5,7H2,1H3,(H2,14,15,16). The number of ether oxygens (including phenoxy) is 2. The lowest BCUT2D eigenvalue weighted by atomic mass is 9.90. The molecule has 5 heteroatoms. The number of rotatable bonds is 2. The van der Waals surface area contributed by atoms with Crippen LogP contribution in [-0.4, -0.2) is 26.4 Å². The maximum absolute atomic E-state index is 11.7. The van der Waals surface area contributed by atoms with Gasteiger partial charge in [-0.3, -0.25) is 0 Å². The Morgan fingerprint density at radius 3 is 3.06 bits per heavy atom. The number of carbonyl (C=O) groups excluding carboxylic acids is 1. The second kappa shape index (κ2) is 4.49. The van der Waals surface area contributed by atoms with Crippen molar-refractivity contribution in [1.82, 2.24) is 5.32 Å². The number of hydrogen-bond acceptors (Lipinski definition) is 3. The lowest BCUT2D eigenvalue weighted by Crippen LogP contribution is -2.41. The summed E-state index contributed by atoms with van der Waals surface area (Å²) in [5, 5.41) is 5.80. The van der Waals surface area contributed by atoms with Gasteiger partial charge in [-0.15, -0.1) is 0 Å². The van der Waals surface area contributed by atoms with E-state index in [1.165, 1.54) is 0 Å². The normalized spacial score (nSPS) is 26.2. The fourth-order valence-corrected chi connectivity index (χ4v) is 2.60. The van der Waals surface area contributed by atoms with Crippen molar-refractivity contribution in [3.8, 4) is 5.75 Å². The molecule has 96 valence electrons. The van der Waals surface area contributed by atoms with Crippen LogP contribution in [0.3, 0.4) is 0 Å². The average Bonchev–Trinajstić information content (AvgIpc) is 2.91. The summed E-state index contributed by atoms with van der Waals surface area (Å²) in [5.74, 6) is 1.14. The SMILES string of the molecule is COc1ccc2c(c1)C(C1CCOC1)NC(=O)N2. The molecule has 1 aromatic rings. The first-order chi connectivity index (χ1) is 8.78. The van der Waals surface area contributed by atoms with Crippen molar-refractivity contribution < 1.29 is 14.3 Å². The maximum Gasteiger partial charge on any atom is 0.319 e. The van der Waals surface area contributed by atoms with Crippen LogP contribution < -0.4 is 15.4 Å². The predicted molar refractivity (Wildman–Crippen MR) is 66.8 cm³/mol. The van der Waals surface area contributed by atoms with Gasteiger partial charge in [0.2, 0.25) is 0 Å². The van der Waals surface area contributed by atoms with Crippen molar-refractivity contribution in [2.75, 3.05) is 25.6 Å². The third-order valence-corrected chi connectivity index (χ3v) is 3.56. The summed E-state index contributed by atoms with van der Waals surface area (Å²) in [6.07, 6.45) is 0.974. The van der Waals surface area contributed by atoms with E-state index in [0.717, 1.165) is 30.0 Å². The van der Waals surface area contributed by atoms with Gasteiger partial charge in [-0.2, -0.15) is 0 Å². The molecule has 1 aromatic carbocycles. The molecule has 0 radical (unpaired) electrons. The van der Waals surface area contributed by atoms with Crippen molar-refractivity contribution in [3.63, 3.8) is 0 Å². The number of carbonyl (C=O) groups is 1. The number of nitrogens with one attached hydrogen (secondary N) is 2. The fraction of sp³-hybridized carbons (Fsp3) is 0.462. The summed E-state index contributed by atoms with van der Waals surface area (Å²) in [7, 11) is 1.64. The first kappa shape index (κ1) is 11.3. The van der Waals surface area contributed by atoms with Crippen LogP contribution in [0.2, 0.25) is 0 Å². The van der Waals surface area contributed by atoms with Crippen molar-refractivity contribution in [2.45, 2.75) is 12.5 Å². The van der Waals surface area contributed by atoms with Crippen LogP contribution in [0.25, 0.3) is 0 Å². The minimum Gasteiger partial charge on any atom is -0.497 e. The molecule has 3 rings (SSSR count). The number of amides is 2. The first-order valence-corrected chi connectivity index (χ1v) is 6.11. The first-order valence-electron chi connectivity index (χ1n) is 6.11. The summed E-state index contributed by atoms with van der Waals surface area (Å²) in [6, 6.07) is 5.57. The zero-order valence-corrected chi connectivity index (χ0v) is 10.2. The van der Waals surface area contributed by atoms with Gasteiger partial charge in [-0.05, 0) is 24.6 Å². The number of benzene rings is 1. The highest BCUT2D eigenvalue weighted by Gasteiger charge is 2.33. The Morgan fingerprint density at radius 2 is 2.33 bits per heavy atom. The second-order valence-electron chi connectivity index (χ2n) is 4.65. The molecule has 5 nitrogen and oxygen atoms in total. The minimum atomic E-state index is -0.149. The van der Waals surface area contributed by atoms with Gasteiger partial charge in [0.05, 0.1) is 19.8 Å². The quantitative estimate of drug-likeness (QED) is 0.840. The third kappa shape index (κ3) is 1.90. The summed E-state index contributed by atoms with van der Waals surface area (Å²) in [4.78, 5) is 11.7. The van der Waals surface area contributed by atoms with E-state index in [1.807, 2.05) is 18.2 Å². The molecule has 1 fully saturated rings. The minimum absolute atomic E-state index is 0.00588. The summed E-state index contributed by atoms with van der Waals surface area (Å²) in [6.45, 7) is 1.46. The van der Waals surface area contributed by atoms with Crippen molar-refractivity contribution in [3.05, 3.63) is 23.8 Å². The van der Waals surface area contributed by atoms with Gasteiger partial charge in [0.25, 0.3) is 0 Å². The monoisotopic (exact) mass is 248 g/mol. The van der Waals surface area contributed by atoms with E-state index in [1.54, 1.807) is 7.11 Å².